The lowest BCUT2D eigenvalue weighted by atomic mass is 9.74. The summed E-state index contributed by atoms with van der Waals surface area (Å²) in [6.07, 6.45) is 6.36. The Morgan fingerprint density at radius 3 is 2.50 bits per heavy atom. The molecule has 0 aromatic carbocycles. The van der Waals surface area contributed by atoms with Crippen LogP contribution >= 0.6 is 0 Å². The van der Waals surface area contributed by atoms with Crippen LogP contribution in [0.4, 0.5) is 0 Å². The van der Waals surface area contributed by atoms with Crippen molar-refractivity contribution >= 4 is 5.91 Å². The maximum absolute atomic E-state index is 10.8. The molecule has 0 aromatic rings. The van der Waals surface area contributed by atoms with Crippen molar-refractivity contribution in [2.24, 2.45) is 11.7 Å². The molecule has 0 aromatic heterocycles. The normalized spacial score (nSPS) is 24.9. The van der Waals surface area contributed by atoms with Gasteiger partial charge in [-0.3, -0.25) is 4.79 Å². The van der Waals surface area contributed by atoms with Crippen LogP contribution in [0.25, 0.3) is 0 Å². The third-order valence-electron chi connectivity index (χ3n) is 2.14. The van der Waals surface area contributed by atoms with Gasteiger partial charge in [0.15, 0.2) is 0 Å². The quantitative estimate of drug-likeness (QED) is 0.719. The molecule has 1 unspecified atom stereocenters. The van der Waals surface area contributed by atoms with Crippen LogP contribution in [0.15, 0.2) is 36.0 Å². The summed E-state index contributed by atoms with van der Waals surface area (Å²) >= 11 is 0. The Bertz CT molecular complexity index is 274. The van der Waals surface area contributed by atoms with Gasteiger partial charge in [-0.15, -0.1) is 0 Å². The first kappa shape index (κ1) is 12.7. The number of primary amides is 1. The van der Waals surface area contributed by atoms with E-state index in [2.05, 4.69) is 6.58 Å². The zero-order valence-corrected chi connectivity index (χ0v) is 9.21. The highest BCUT2D eigenvalue weighted by Crippen LogP contribution is 2.38. The van der Waals surface area contributed by atoms with Crippen molar-refractivity contribution in [2.75, 3.05) is 0 Å². The van der Waals surface area contributed by atoms with Gasteiger partial charge in [0, 0.05) is 0 Å². The molecule has 1 rings (SSSR count). The van der Waals surface area contributed by atoms with Gasteiger partial charge in [0.1, 0.15) is 0 Å². The van der Waals surface area contributed by atoms with Gasteiger partial charge in [0.2, 0.25) is 5.91 Å². The molecule has 0 saturated heterocycles. The summed E-state index contributed by atoms with van der Waals surface area (Å²) in [6.45, 7) is 9.52. The number of amides is 1. The van der Waals surface area contributed by atoms with Crippen LogP contribution in [0.1, 0.15) is 27.2 Å². The number of rotatable bonds is 2. The van der Waals surface area contributed by atoms with E-state index < -0.39 is 0 Å². The van der Waals surface area contributed by atoms with E-state index in [-0.39, 0.29) is 11.8 Å². The molecule has 14 heavy (non-hydrogen) atoms. The standard InChI is InChI=1S/C10H13NO.C2H6/c1-3-5-7-6-9(10(11)12)8(7)4-2;1-2/h3-5,9H,1,6H2,2H3,(H2,11,12);1-2H3/b7-5-,8-4+;. The fourth-order valence-electron chi connectivity index (χ4n) is 1.49. The zero-order valence-electron chi connectivity index (χ0n) is 9.21. The number of nitrogens with two attached hydrogens (primary N) is 1. The van der Waals surface area contributed by atoms with Gasteiger partial charge in [-0.05, 0) is 24.5 Å². The molecule has 1 saturated carbocycles. The van der Waals surface area contributed by atoms with Gasteiger partial charge in [-0.1, -0.05) is 38.7 Å². The molecule has 0 bridgehead atoms. The smallest absolute Gasteiger partial charge is 0.225 e. The Hall–Kier alpha value is -1.31. The van der Waals surface area contributed by atoms with Gasteiger partial charge >= 0.3 is 0 Å². The van der Waals surface area contributed by atoms with Crippen LogP contribution in [0.5, 0.6) is 0 Å². The van der Waals surface area contributed by atoms with E-state index in [1.807, 2.05) is 32.9 Å². The minimum atomic E-state index is -0.232. The molecule has 1 aliphatic carbocycles. The first-order valence-electron chi connectivity index (χ1n) is 4.98. The van der Waals surface area contributed by atoms with Gasteiger partial charge in [0.25, 0.3) is 0 Å². The monoisotopic (exact) mass is 193 g/mol. The molecular weight excluding hydrogens is 174 g/mol. The largest absolute Gasteiger partial charge is 0.369 e. The summed E-state index contributed by atoms with van der Waals surface area (Å²) in [5, 5.41) is 0. The molecule has 0 aliphatic heterocycles. The van der Waals surface area contributed by atoms with Crippen LogP contribution in [-0.2, 0) is 4.79 Å². The maximum Gasteiger partial charge on any atom is 0.225 e. The molecule has 2 nitrogen and oxygen atoms in total. The average Bonchev–Trinajstić information content (AvgIpc) is 2.15. The van der Waals surface area contributed by atoms with Crippen molar-refractivity contribution in [1.29, 1.82) is 0 Å². The van der Waals surface area contributed by atoms with E-state index in [4.69, 9.17) is 5.73 Å². The molecule has 0 heterocycles. The summed E-state index contributed by atoms with van der Waals surface area (Å²) in [6, 6.07) is 0. The Labute approximate surface area is 86.2 Å². The highest BCUT2D eigenvalue weighted by molar-refractivity contribution is 5.84. The number of hydrogen-bond donors (Lipinski definition) is 1. The van der Waals surface area contributed by atoms with E-state index in [9.17, 15) is 4.79 Å². The van der Waals surface area contributed by atoms with Crippen molar-refractivity contribution < 1.29 is 4.79 Å². The second-order valence-electron chi connectivity index (χ2n) is 2.83. The minimum Gasteiger partial charge on any atom is -0.369 e. The van der Waals surface area contributed by atoms with Gasteiger partial charge in [-0.2, -0.15) is 0 Å². The van der Waals surface area contributed by atoms with Crippen LogP contribution < -0.4 is 5.73 Å². The van der Waals surface area contributed by atoms with Gasteiger partial charge in [0.05, 0.1) is 5.92 Å². The molecule has 0 spiro atoms. The molecule has 2 N–H and O–H groups in total. The lowest BCUT2D eigenvalue weighted by Crippen LogP contribution is -2.32. The summed E-state index contributed by atoms with van der Waals surface area (Å²) in [7, 11) is 0. The van der Waals surface area contributed by atoms with E-state index in [1.54, 1.807) is 6.08 Å². The van der Waals surface area contributed by atoms with Crippen molar-refractivity contribution in [3.63, 3.8) is 0 Å². The van der Waals surface area contributed by atoms with Gasteiger partial charge < -0.3 is 5.73 Å². The minimum absolute atomic E-state index is 0.0683. The van der Waals surface area contributed by atoms with Crippen molar-refractivity contribution in [3.8, 4) is 0 Å². The summed E-state index contributed by atoms with van der Waals surface area (Å²) < 4.78 is 0. The second kappa shape index (κ2) is 6.19. The Morgan fingerprint density at radius 1 is 1.57 bits per heavy atom. The lowest BCUT2D eigenvalue weighted by molar-refractivity contribution is -0.121. The number of allylic oxidation sites excluding steroid dienone is 4. The van der Waals surface area contributed by atoms with Crippen LogP contribution in [0.3, 0.4) is 0 Å². The highest BCUT2D eigenvalue weighted by Gasteiger charge is 2.32. The van der Waals surface area contributed by atoms with Crippen molar-refractivity contribution in [1.82, 2.24) is 0 Å². The zero-order chi connectivity index (χ0) is 11.1. The van der Waals surface area contributed by atoms with Crippen LogP contribution in [0.2, 0.25) is 0 Å². The summed E-state index contributed by atoms with van der Waals surface area (Å²) in [5.41, 5.74) is 7.42. The van der Waals surface area contributed by atoms with E-state index in [0.29, 0.717) is 0 Å². The van der Waals surface area contributed by atoms with Crippen LogP contribution in [0, 0.1) is 5.92 Å². The third kappa shape index (κ3) is 2.59. The fourth-order valence-corrected chi connectivity index (χ4v) is 1.49. The molecule has 78 valence electrons. The van der Waals surface area contributed by atoms with E-state index in [1.165, 1.54) is 5.57 Å². The number of carbonyl (C=O) groups excluding carboxylic acids is 1. The topological polar surface area (TPSA) is 43.1 Å². The predicted octanol–water partition coefficient (Wildman–Crippen LogP) is 2.58. The maximum atomic E-state index is 10.8. The lowest BCUT2D eigenvalue weighted by Gasteiger charge is -2.30. The number of hydrogen-bond acceptors (Lipinski definition) is 1. The molecular formula is C12H19NO. The highest BCUT2D eigenvalue weighted by atomic mass is 16.1. The molecule has 0 radical (unpaired) electrons. The van der Waals surface area contributed by atoms with E-state index >= 15 is 0 Å². The molecule has 1 atom stereocenters. The van der Waals surface area contributed by atoms with E-state index in [0.717, 1.165) is 12.0 Å². The first-order valence-corrected chi connectivity index (χ1v) is 4.98. The Morgan fingerprint density at radius 2 is 2.14 bits per heavy atom. The Kier molecular flexibility index (Phi) is 5.61. The molecule has 1 aliphatic rings. The summed E-state index contributed by atoms with van der Waals surface area (Å²) in [4.78, 5) is 10.8. The SMILES string of the molecule is C=C/C=C1/CC(C(N)=O)/C1=C/C.CC. The second-order valence-corrected chi connectivity index (χ2v) is 2.83. The number of carbonyl (C=O) groups is 1. The van der Waals surface area contributed by atoms with Crippen molar-refractivity contribution in [3.05, 3.63) is 36.0 Å². The summed E-state index contributed by atoms with van der Waals surface area (Å²) in [5.74, 6) is -0.300. The first-order chi connectivity index (χ1) is 6.70. The van der Waals surface area contributed by atoms with Crippen LogP contribution in [-0.4, -0.2) is 5.91 Å². The third-order valence-corrected chi connectivity index (χ3v) is 2.14. The predicted molar refractivity (Wildman–Crippen MR) is 60.7 cm³/mol. The average molecular weight is 193 g/mol. The molecule has 1 amide bonds. The van der Waals surface area contributed by atoms with Gasteiger partial charge in [-0.25, -0.2) is 0 Å². The fraction of sp³-hybridized carbons (Fsp3) is 0.417. The molecule has 1 fully saturated rings. The van der Waals surface area contributed by atoms with Crippen molar-refractivity contribution in [2.45, 2.75) is 27.2 Å². The Balaban J connectivity index is 0.000000791. The molecule has 2 heteroatoms.